The monoisotopic (exact) mass is 346 g/mol. The summed E-state index contributed by atoms with van der Waals surface area (Å²) in [6.45, 7) is 2.60. The minimum Gasteiger partial charge on any atom is -0.293 e. The molecular formula is C19H17F3N2O. The molecule has 6 heteroatoms. The highest BCUT2D eigenvalue weighted by Gasteiger charge is 2.30. The molecule has 2 aromatic heterocycles. The van der Waals surface area contributed by atoms with Crippen LogP contribution in [0.4, 0.5) is 13.2 Å². The van der Waals surface area contributed by atoms with E-state index in [1.54, 1.807) is 16.8 Å². The molecule has 3 nitrogen and oxygen atoms in total. The first-order chi connectivity index (χ1) is 11.9. The Morgan fingerprint density at radius 2 is 1.84 bits per heavy atom. The number of alkyl halides is 3. The van der Waals surface area contributed by atoms with Crippen molar-refractivity contribution in [3.8, 4) is 11.1 Å². The van der Waals surface area contributed by atoms with Crippen LogP contribution in [0.5, 0.6) is 0 Å². The van der Waals surface area contributed by atoms with Crippen LogP contribution in [0.3, 0.4) is 0 Å². The smallest absolute Gasteiger partial charge is 0.293 e. The summed E-state index contributed by atoms with van der Waals surface area (Å²) in [4.78, 5) is 16.8. The second-order valence-corrected chi connectivity index (χ2v) is 5.85. The average molecular weight is 346 g/mol. The average Bonchev–Trinajstić information content (AvgIpc) is 2.60. The molecule has 0 amide bonds. The van der Waals surface area contributed by atoms with Crippen LogP contribution in [0, 0.1) is 0 Å². The fourth-order valence-corrected chi connectivity index (χ4v) is 2.82. The van der Waals surface area contributed by atoms with E-state index in [4.69, 9.17) is 0 Å². The van der Waals surface area contributed by atoms with Crippen LogP contribution in [0.15, 0.2) is 53.5 Å². The van der Waals surface area contributed by atoms with Crippen molar-refractivity contribution in [2.75, 3.05) is 0 Å². The Balaban J connectivity index is 2.16. The van der Waals surface area contributed by atoms with Crippen LogP contribution in [-0.4, -0.2) is 9.55 Å². The lowest BCUT2D eigenvalue weighted by atomic mass is 10.0. The van der Waals surface area contributed by atoms with Gasteiger partial charge in [-0.3, -0.25) is 9.36 Å². The normalized spacial score (nSPS) is 11.8. The highest BCUT2D eigenvalue weighted by atomic mass is 19.4. The predicted molar refractivity (Wildman–Crippen MR) is 91.3 cm³/mol. The zero-order valence-electron chi connectivity index (χ0n) is 13.7. The minimum atomic E-state index is -4.38. The van der Waals surface area contributed by atoms with E-state index < -0.39 is 11.7 Å². The van der Waals surface area contributed by atoms with Gasteiger partial charge in [0, 0.05) is 24.2 Å². The lowest BCUT2D eigenvalue weighted by Gasteiger charge is -2.13. The van der Waals surface area contributed by atoms with Gasteiger partial charge in [0.1, 0.15) is 5.65 Å². The number of halogens is 3. The zero-order chi connectivity index (χ0) is 18.0. The Labute approximate surface area is 142 Å². The number of pyridine rings is 2. The third-order valence-corrected chi connectivity index (χ3v) is 4.12. The number of unbranched alkanes of at least 4 members (excludes halogenated alkanes) is 1. The van der Waals surface area contributed by atoms with Crippen molar-refractivity contribution in [3.05, 3.63) is 64.6 Å². The van der Waals surface area contributed by atoms with Crippen molar-refractivity contribution in [2.45, 2.75) is 32.5 Å². The molecule has 3 rings (SSSR count). The van der Waals surface area contributed by atoms with Gasteiger partial charge >= 0.3 is 6.18 Å². The van der Waals surface area contributed by atoms with E-state index in [2.05, 4.69) is 4.98 Å². The number of aryl methyl sites for hydroxylation is 1. The van der Waals surface area contributed by atoms with Gasteiger partial charge in [0.05, 0.1) is 5.56 Å². The molecule has 2 heterocycles. The van der Waals surface area contributed by atoms with E-state index >= 15 is 0 Å². The van der Waals surface area contributed by atoms with Gasteiger partial charge in [0.25, 0.3) is 5.56 Å². The Morgan fingerprint density at radius 3 is 2.48 bits per heavy atom. The van der Waals surface area contributed by atoms with E-state index in [9.17, 15) is 18.0 Å². The highest BCUT2D eigenvalue weighted by molar-refractivity contribution is 5.92. The van der Waals surface area contributed by atoms with Crippen LogP contribution in [0.25, 0.3) is 22.2 Å². The van der Waals surface area contributed by atoms with Gasteiger partial charge in [-0.2, -0.15) is 13.2 Å². The molecule has 0 bridgehead atoms. The van der Waals surface area contributed by atoms with Gasteiger partial charge in [-0.15, -0.1) is 0 Å². The second-order valence-electron chi connectivity index (χ2n) is 5.85. The Bertz CT molecular complexity index is 944. The summed E-state index contributed by atoms with van der Waals surface area (Å²) in [6.07, 6.45) is -0.973. The van der Waals surface area contributed by atoms with Gasteiger partial charge < -0.3 is 0 Å². The van der Waals surface area contributed by atoms with Gasteiger partial charge in [0.15, 0.2) is 0 Å². The second kappa shape index (κ2) is 6.70. The Morgan fingerprint density at radius 1 is 1.12 bits per heavy atom. The third-order valence-electron chi connectivity index (χ3n) is 4.12. The maximum atomic E-state index is 12.7. The topological polar surface area (TPSA) is 34.9 Å². The molecule has 0 aliphatic heterocycles. The molecule has 3 aromatic rings. The molecule has 0 N–H and O–H groups in total. The predicted octanol–water partition coefficient (Wildman–Crippen LogP) is 4.88. The third kappa shape index (κ3) is 3.43. The van der Waals surface area contributed by atoms with E-state index in [-0.39, 0.29) is 5.56 Å². The number of fused-ring (bicyclic) bond motifs is 1. The Kier molecular flexibility index (Phi) is 4.61. The minimum absolute atomic E-state index is 0.199. The van der Waals surface area contributed by atoms with Crippen LogP contribution < -0.4 is 5.56 Å². The number of hydrogen-bond donors (Lipinski definition) is 0. The first-order valence-electron chi connectivity index (χ1n) is 8.08. The Hall–Kier alpha value is -2.63. The van der Waals surface area contributed by atoms with E-state index in [1.165, 1.54) is 18.2 Å². The maximum absolute atomic E-state index is 12.7. The number of rotatable bonds is 4. The molecule has 130 valence electrons. The number of nitrogens with zero attached hydrogens (tertiary/aromatic N) is 2. The van der Waals surface area contributed by atoms with E-state index in [0.29, 0.717) is 23.3 Å². The van der Waals surface area contributed by atoms with Gasteiger partial charge in [-0.25, -0.2) is 4.98 Å². The van der Waals surface area contributed by atoms with Gasteiger partial charge in [0.2, 0.25) is 0 Å². The number of hydrogen-bond acceptors (Lipinski definition) is 2. The molecule has 0 spiro atoms. The maximum Gasteiger partial charge on any atom is 0.416 e. The molecule has 25 heavy (non-hydrogen) atoms. The largest absolute Gasteiger partial charge is 0.416 e. The first-order valence-corrected chi connectivity index (χ1v) is 8.08. The summed E-state index contributed by atoms with van der Waals surface area (Å²) >= 11 is 0. The molecule has 0 atom stereocenters. The summed E-state index contributed by atoms with van der Waals surface area (Å²) in [5.74, 6) is 0. The van der Waals surface area contributed by atoms with Crippen molar-refractivity contribution >= 4 is 11.0 Å². The van der Waals surface area contributed by atoms with Crippen LogP contribution in [0.2, 0.25) is 0 Å². The molecule has 0 aliphatic rings. The molecular weight excluding hydrogens is 329 g/mol. The highest BCUT2D eigenvalue weighted by Crippen LogP contribution is 2.32. The van der Waals surface area contributed by atoms with Crippen molar-refractivity contribution in [1.29, 1.82) is 0 Å². The molecule has 0 saturated heterocycles. The summed E-state index contributed by atoms with van der Waals surface area (Å²) in [5, 5.41) is 0.748. The lowest BCUT2D eigenvalue weighted by molar-refractivity contribution is -0.137. The molecule has 0 fully saturated rings. The summed E-state index contributed by atoms with van der Waals surface area (Å²) in [7, 11) is 0. The number of benzene rings is 1. The first kappa shape index (κ1) is 17.2. The van der Waals surface area contributed by atoms with Crippen LogP contribution in [0.1, 0.15) is 25.3 Å². The summed E-state index contributed by atoms with van der Waals surface area (Å²) < 4.78 is 39.9. The van der Waals surface area contributed by atoms with Crippen LogP contribution in [-0.2, 0) is 12.7 Å². The van der Waals surface area contributed by atoms with Crippen molar-refractivity contribution in [1.82, 2.24) is 9.55 Å². The van der Waals surface area contributed by atoms with Crippen molar-refractivity contribution in [3.63, 3.8) is 0 Å². The standard InChI is InChI=1S/C19H17F3N2O/c1-2-3-11-24-17(25)12-16(15-5-4-10-23-18(15)24)13-6-8-14(9-7-13)19(20,21)22/h4-10,12H,2-3,11H2,1H3. The fraction of sp³-hybridized carbons (Fsp3) is 0.263. The van der Waals surface area contributed by atoms with Gasteiger partial charge in [-0.1, -0.05) is 25.5 Å². The molecule has 0 aliphatic carbocycles. The summed E-state index contributed by atoms with van der Waals surface area (Å²) in [6, 6.07) is 9.89. The summed E-state index contributed by atoms with van der Waals surface area (Å²) in [5.41, 5.74) is 0.795. The quantitative estimate of drug-likeness (QED) is 0.675. The van der Waals surface area contributed by atoms with E-state index in [1.807, 2.05) is 13.0 Å². The fourth-order valence-electron chi connectivity index (χ4n) is 2.82. The van der Waals surface area contributed by atoms with Crippen molar-refractivity contribution in [2.24, 2.45) is 0 Å². The molecule has 1 aromatic carbocycles. The molecule has 0 unspecified atom stereocenters. The SMILES string of the molecule is CCCCn1c(=O)cc(-c2ccc(C(F)(F)F)cc2)c2cccnc21. The molecule has 0 radical (unpaired) electrons. The van der Waals surface area contributed by atoms with Crippen molar-refractivity contribution < 1.29 is 13.2 Å². The zero-order valence-corrected chi connectivity index (χ0v) is 13.7. The molecule has 0 saturated carbocycles. The van der Waals surface area contributed by atoms with Gasteiger partial charge in [-0.05, 0) is 41.8 Å². The van der Waals surface area contributed by atoms with Crippen LogP contribution >= 0.6 is 0 Å². The van der Waals surface area contributed by atoms with E-state index in [0.717, 1.165) is 30.4 Å². The lowest BCUT2D eigenvalue weighted by Crippen LogP contribution is -2.21. The number of aromatic nitrogens is 2.